The molecule has 146 valence electrons. The van der Waals surface area contributed by atoms with Crippen LogP contribution < -0.4 is 0 Å². The van der Waals surface area contributed by atoms with E-state index in [0.29, 0.717) is 0 Å². The van der Waals surface area contributed by atoms with Crippen molar-refractivity contribution in [2.24, 2.45) is 23.2 Å². The van der Waals surface area contributed by atoms with E-state index in [2.05, 4.69) is 4.74 Å². The van der Waals surface area contributed by atoms with Gasteiger partial charge in [0, 0.05) is 48.9 Å². The number of rotatable bonds is 4. The van der Waals surface area contributed by atoms with Gasteiger partial charge < -0.3 is 4.74 Å². The van der Waals surface area contributed by atoms with Crippen molar-refractivity contribution >= 4 is 65.0 Å². The fourth-order valence-electron chi connectivity index (χ4n) is 5.05. The number of hydrogen-bond acceptors (Lipinski definition) is 4. The van der Waals surface area contributed by atoms with E-state index in [0.717, 1.165) is 19.3 Å². The molecule has 4 aliphatic rings. The first-order chi connectivity index (χ1) is 11.2. The van der Waals surface area contributed by atoms with Gasteiger partial charge in [-0.2, -0.15) is 30.4 Å². The van der Waals surface area contributed by atoms with Gasteiger partial charge in [-0.05, 0) is 56.3 Å². The van der Waals surface area contributed by atoms with Gasteiger partial charge in [0.1, 0.15) is 0 Å². The molecule has 1 atom stereocenters. The summed E-state index contributed by atoms with van der Waals surface area (Å²) in [5.74, 6) is -1.02. The molecule has 4 bridgehead atoms. The van der Waals surface area contributed by atoms with Crippen molar-refractivity contribution in [2.45, 2.75) is 56.1 Å². The average Bonchev–Trinajstić information content (AvgIpc) is 2.40. The van der Waals surface area contributed by atoms with E-state index in [1.54, 1.807) is 0 Å². The van der Waals surface area contributed by atoms with E-state index >= 15 is 0 Å². The Hall–Kier alpha value is 0.601. The number of halogens is 5. The molecular weight excluding hydrogens is 513 g/mol. The summed E-state index contributed by atoms with van der Waals surface area (Å²) in [4.78, 5) is 12.4. The minimum atomic E-state index is -6.42. The first-order valence-electron chi connectivity index (χ1n) is 7.87. The summed E-state index contributed by atoms with van der Waals surface area (Å²) in [6, 6.07) is 0. The summed E-state index contributed by atoms with van der Waals surface area (Å²) in [5, 5.41) is -5.68. The Labute approximate surface area is 187 Å². The predicted octanol–water partition coefficient (Wildman–Crippen LogP) is 2.78. The van der Waals surface area contributed by atoms with Gasteiger partial charge in [0.25, 0.3) is 6.10 Å². The van der Waals surface area contributed by atoms with Crippen molar-refractivity contribution in [3.05, 3.63) is 0 Å². The molecule has 4 fully saturated rings. The van der Waals surface area contributed by atoms with Crippen LogP contribution in [0.4, 0.5) is 22.0 Å². The van der Waals surface area contributed by atoms with Gasteiger partial charge in [0.2, 0.25) is 0 Å². The van der Waals surface area contributed by atoms with Crippen molar-refractivity contribution in [1.29, 1.82) is 0 Å². The van der Waals surface area contributed by atoms with Gasteiger partial charge >= 0.3 is 27.5 Å². The summed E-state index contributed by atoms with van der Waals surface area (Å²) < 4.78 is 99.9. The van der Waals surface area contributed by atoms with Gasteiger partial charge in [-0.1, -0.05) is 0 Å². The zero-order chi connectivity index (χ0) is 18.8. The van der Waals surface area contributed by atoms with Crippen LogP contribution in [-0.2, 0) is 19.6 Å². The van der Waals surface area contributed by atoms with Crippen LogP contribution in [0.15, 0.2) is 0 Å². The maximum atomic E-state index is 13.6. The molecule has 4 aliphatic carbocycles. The van der Waals surface area contributed by atoms with Crippen molar-refractivity contribution in [1.82, 2.24) is 0 Å². The Morgan fingerprint density at radius 3 is 1.69 bits per heavy atom. The second kappa shape index (κ2) is 7.13. The van der Waals surface area contributed by atoms with Gasteiger partial charge in [0.05, 0.1) is 5.41 Å². The van der Waals surface area contributed by atoms with Crippen LogP contribution in [0.2, 0.25) is 0 Å². The predicted molar refractivity (Wildman–Crippen MR) is 78.8 cm³/mol. The fraction of sp³-hybridized carbons (Fsp3) is 0.929. The van der Waals surface area contributed by atoms with Crippen molar-refractivity contribution in [2.75, 3.05) is 0 Å². The van der Waals surface area contributed by atoms with Gasteiger partial charge in [-0.15, -0.1) is 0 Å². The number of esters is 1. The van der Waals surface area contributed by atoms with E-state index < -0.39 is 39.0 Å². The average molecular weight is 530 g/mol. The molecule has 0 aromatic heterocycles. The molecule has 2 radical (unpaired) electrons. The van der Waals surface area contributed by atoms with Crippen LogP contribution in [-0.4, -0.2) is 85.4 Å². The van der Waals surface area contributed by atoms with Gasteiger partial charge in [-0.3, -0.25) is 9.35 Å². The van der Waals surface area contributed by atoms with Crippen LogP contribution in [0.25, 0.3) is 0 Å². The largest absolute Gasteiger partial charge is 0.444 e. The SMILES string of the molecule is O=C(OC(C(F)(F)F)C(F)(F)S(=O)(=O)O)C12CC3CC(CC(C3)C1)C2.[Ba]. The minimum absolute atomic E-state index is 0. The molecule has 1 unspecified atom stereocenters. The maximum absolute atomic E-state index is 13.6. The van der Waals surface area contributed by atoms with E-state index in [-0.39, 0.29) is 85.9 Å². The van der Waals surface area contributed by atoms with Crippen molar-refractivity contribution < 1.29 is 44.5 Å². The van der Waals surface area contributed by atoms with Gasteiger partial charge in [0.15, 0.2) is 0 Å². The van der Waals surface area contributed by atoms with Gasteiger partial charge in [-0.25, -0.2) is 0 Å². The van der Waals surface area contributed by atoms with E-state index in [1.807, 2.05) is 0 Å². The molecule has 0 aromatic carbocycles. The Balaban J connectivity index is 0.00000243. The second-order valence-electron chi connectivity index (χ2n) is 7.56. The Morgan fingerprint density at radius 1 is 1.00 bits per heavy atom. The molecule has 12 heteroatoms. The molecule has 0 amide bonds. The molecule has 0 aromatic rings. The number of alkyl halides is 5. The van der Waals surface area contributed by atoms with Crippen LogP contribution in [0, 0.1) is 23.2 Å². The Bertz CT molecular complexity index is 642. The zero-order valence-corrected chi connectivity index (χ0v) is 18.9. The number of ether oxygens (including phenoxy) is 1. The quantitative estimate of drug-likeness (QED) is 0.262. The van der Waals surface area contributed by atoms with Crippen molar-refractivity contribution in [3.63, 3.8) is 0 Å². The molecule has 0 aliphatic heterocycles. The zero-order valence-electron chi connectivity index (χ0n) is 13.6. The first-order valence-corrected chi connectivity index (χ1v) is 9.31. The normalized spacial score (nSPS) is 34.9. The summed E-state index contributed by atoms with van der Waals surface area (Å²) in [6.45, 7) is 0. The fourth-order valence-corrected chi connectivity index (χ4v) is 5.51. The minimum Gasteiger partial charge on any atom is -0.444 e. The molecular formula is C14H17BaF5O5S. The smallest absolute Gasteiger partial charge is 0.432 e. The molecule has 4 rings (SSSR count). The summed E-state index contributed by atoms with van der Waals surface area (Å²) >= 11 is 0. The molecule has 4 saturated carbocycles. The summed E-state index contributed by atoms with van der Waals surface area (Å²) in [5.41, 5.74) is -1.27. The van der Waals surface area contributed by atoms with E-state index in [1.165, 1.54) is 0 Å². The van der Waals surface area contributed by atoms with E-state index in [4.69, 9.17) is 4.55 Å². The second-order valence-corrected chi connectivity index (χ2v) is 9.06. The summed E-state index contributed by atoms with van der Waals surface area (Å²) in [6.07, 6.45) is -6.73. The molecule has 26 heavy (non-hydrogen) atoms. The van der Waals surface area contributed by atoms with Crippen LogP contribution in [0.5, 0.6) is 0 Å². The Kier molecular flexibility index (Phi) is 6.28. The first kappa shape index (κ1) is 22.9. The topological polar surface area (TPSA) is 80.7 Å². The van der Waals surface area contributed by atoms with E-state index in [9.17, 15) is 35.2 Å². The molecule has 0 saturated heterocycles. The van der Waals surface area contributed by atoms with Crippen LogP contribution in [0.3, 0.4) is 0 Å². The molecule has 0 spiro atoms. The third-order valence-electron chi connectivity index (χ3n) is 5.64. The van der Waals surface area contributed by atoms with Crippen LogP contribution in [0.1, 0.15) is 38.5 Å². The molecule has 1 N–H and O–H groups in total. The third kappa shape index (κ3) is 3.99. The molecule has 0 heterocycles. The van der Waals surface area contributed by atoms with Crippen molar-refractivity contribution in [3.8, 4) is 0 Å². The molecule has 5 nitrogen and oxygen atoms in total. The number of carbonyl (C=O) groups is 1. The number of hydrogen-bond donors (Lipinski definition) is 1. The summed E-state index contributed by atoms with van der Waals surface area (Å²) in [7, 11) is -6.42. The number of carbonyl (C=O) groups excluding carboxylic acids is 1. The third-order valence-corrected chi connectivity index (χ3v) is 6.54. The standard InChI is InChI=1S/C14H17F5O5S.Ba/c15-13(16,17)10(14(18,19)25(21,22)23)24-11(20)12-4-7-1-8(5-12)3-9(2-7)6-12;/h7-10H,1-6H2,(H,21,22,23);. The monoisotopic (exact) mass is 530 g/mol. The van der Waals surface area contributed by atoms with Crippen LogP contribution >= 0.6 is 0 Å². The Morgan fingerprint density at radius 2 is 1.38 bits per heavy atom. The maximum Gasteiger partial charge on any atom is 0.432 e.